The first-order valence-electron chi connectivity index (χ1n) is 10.1. The van der Waals surface area contributed by atoms with Gasteiger partial charge in [-0.15, -0.1) is 0 Å². The Hall–Kier alpha value is -1.85. The monoisotopic (exact) mass is 384 g/mol. The average molecular weight is 385 g/mol. The van der Waals surface area contributed by atoms with Crippen LogP contribution >= 0.6 is 0 Å². The summed E-state index contributed by atoms with van der Waals surface area (Å²) >= 11 is 0. The highest BCUT2D eigenvalue weighted by Gasteiger charge is 2.28. The minimum absolute atomic E-state index is 0.440. The number of para-hydroxylation sites is 1. The van der Waals surface area contributed by atoms with Gasteiger partial charge < -0.3 is 9.80 Å². The molecule has 0 unspecified atom stereocenters. The van der Waals surface area contributed by atoms with Crippen LogP contribution in [0.25, 0.3) is 0 Å². The van der Waals surface area contributed by atoms with Gasteiger partial charge in [0.2, 0.25) is 9.84 Å². The molecule has 0 N–H and O–H groups in total. The second-order valence-electron chi connectivity index (χ2n) is 7.57. The maximum Gasteiger partial charge on any atom is 0.208 e. The van der Waals surface area contributed by atoms with E-state index in [9.17, 15) is 8.42 Å². The lowest BCUT2D eigenvalue weighted by Crippen LogP contribution is -2.35. The third-order valence-corrected chi connectivity index (χ3v) is 7.66. The molecular weight excluding hydrogens is 356 g/mol. The van der Waals surface area contributed by atoms with Crippen molar-refractivity contribution < 1.29 is 8.42 Å². The van der Waals surface area contributed by atoms with Gasteiger partial charge >= 0.3 is 0 Å². The standard InChI is InChI=1S/C22H28N2O2S/c25-27(26)21-11-4-2-9-19(21)13-18-24(20-10-3-5-12-22(20)27)17-8-16-23-14-6-1-7-15-23/h2-5,9-12H,1,6-8,13-18H2. The van der Waals surface area contributed by atoms with Gasteiger partial charge in [0.25, 0.3) is 0 Å². The minimum Gasteiger partial charge on any atom is -0.370 e. The van der Waals surface area contributed by atoms with Crippen LogP contribution in [0, 0.1) is 0 Å². The van der Waals surface area contributed by atoms with Gasteiger partial charge in [0.15, 0.2) is 0 Å². The maximum atomic E-state index is 13.3. The Bertz CT molecular complexity index is 889. The largest absolute Gasteiger partial charge is 0.370 e. The molecular formula is C22H28N2O2S. The van der Waals surface area contributed by atoms with Crippen LogP contribution in [0.4, 0.5) is 5.69 Å². The van der Waals surface area contributed by atoms with E-state index in [1.807, 2.05) is 36.4 Å². The third-order valence-electron chi connectivity index (χ3n) is 5.76. The molecule has 5 heteroatoms. The molecule has 2 aliphatic heterocycles. The summed E-state index contributed by atoms with van der Waals surface area (Å²) in [6, 6.07) is 14.9. The molecule has 2 aromatic rings. The van der Waals surface area contributed by atoms with Crippen molar-refractivity contribution >= 4 is 15.5 Å². The minimum atomic E-state index is -3.49. The molecule has 0 aliphatic carbocycles. The van der Waals surface area contributed by atoms with Gasteiger partial charge in [0.1, 0.15) is 0 Å². The van der Waals surface area contributed by atoms with E-state index >= 15 is 0 Å². The first-order chi connectivity index (χ1) is 13.2. The van der Waals surface area contributed by atoms with E-state index < -0.39 is 9.84 Å². The van der Waals surface area contributed by atoms with Crippen molar-refractivity contribution in [1.29, 1.82) is 0 Å². The van der Waals surface area contributed by atoms with Crippen LogP contribution in [0.5, 0.6) is 0 Å². The van der Waals surface area contributed by atoms with Crippen molar-refractivity contribution in [3.05, 3.63) is 54.1 Å². The molecule has 2 aromatic carbocycles. The predicted molar refractivity (Wildman–Crippen MR) is 109 cm³/mol. The smallest absolute Gasteiger partial charge is 0.208 e. The second kappa shape index (κ2) is 8.03. The zero-order valence-corrected chi connectivity index (χ0v) is 16.6. The molecule has 0 atom stereocenters. The Labute approximate surface area is 162 Å². The molecule has 0 aromatic heterocycles. The van der Waals surface area contributed by atoms with Gasteiger partial charge in [-0.05, 0) is 69.1 Å². The lowest BCUT2D eigenvalue weighted by Gasteiger charge is -2.31. The number of rotatable bonds is 4. The molecule has 0 spiro atoms. The highest BCUT2D eigenvalue weighted by molar-refractivity contribution is 7.91. The summed E-state index contributed by atoms with van der Waals surface area (Å²) in [4.78, 5) is 5.72. The number of benzene rings is 2. The Morgan fingerprint density at radius 3 is 2.30 bits per heavy atom. The highest BCUT2D eigenvalue weighted by Crippen LogP contribution is 2.34. The summed E-state index contributed by atoms with van der Waals surface area (Å²) in [5, 5.41) is 0. The topological polar surface area (TPSA) is 40.6 Å². The quantitative estimate of drug-likeness (QED) is 0.805. The van der Waals surface area contributed by atoms with Gasteiger partial charge in [-0.25, -0.2) is 8.42 Å². The number of sulfone groups is 1. The summed E-state index contributed by atoms with van der Waals surface area (Å²) in [5.74, 6) is 0. The molecule has 0 radical (unpaired) electrons. The zero-order chi connectivity index (χ0) is 18.7. The summed E-state index contributed by atoms with van der Waals surface area (Å²) < 4.78 is 26.6. The van der Waals surface area contributed by atoms with E-state index in [0.29, 0.717) is 9.79 Å². The van der Waals surface area contributed by atoms with Gasteiger partial charge in [-0.1, -0.05) is 36.8 Å². The number of piperidine rings is 1. The van der Waals surface area contributed by atoms with E-state index in [-0.39, 0.29) is 0 Å². The summed E-state index contributed by atoms with van der Waals surface area (Å²) in [7, 11) is -3.49. The Morgan fingerprint density at radius 1 is 0.778 bits per heavy atom. The second-order valence-corrected chi connectivity index (χ2v) is 9.46. The van der Waals surface area contributed by atoms with E-state index in [1.54, 1.807) is 12.1 Å². The SMILES string of the molecule is O=S1(=O)c2ccccc2CCN(CCCN2CCCCC2)c2ccccc21. The Morgan fingerprint density at radius 2 is 1.48 bits per heavy atom. The van der Waals surface area contributed by atoms with Crippen LogP contribution in [-0.2, 0) is 16.3 Å². The van der Waals surface area contributed by atoms with E-state index in [0.717, 1.165) is 43.7 Å². The van der Waals surface area contributed by atoms with Crippen LogP contribution in [0.15, 0.2) is 58.3 Å². The van der Waals surface area contributed by atoms with Gasteiger partial charge in [-0.2, -0.15) is 0 Å². The number of anilines is 1. The first kappa shape index (κ1) is 18.5. The van der Waals surface area contributed by atoms with Crippen molar-refractivity contribution in [2.24, 2.45) is 0 Å². The van der Waals surface area contributed by atoms with Crippen molar-refractivity contribution in [3.8, 4) is 0 Å². The number of hydrogen-bond donors (Lipinski definition) is 0. The zero-order valence-electron chi connectivity index (χ0n) is 15.8. The number of nitrogens with zero attached hydrogens (tertiary/aromatic N) is 2. The van der Waals surface area contributed by atoms with E-state index in [2.05, 4.69) is 9.80 Å². The predicted octanol–water partition coefficient (Wildman–Crippen LogP) is 3.76. The molecule has 4 rings (SSSR count). The van der Waals surface area contributed by atoms with Crippen LogP contribution < -0.4 is 4.90 Å². The van der Waals surface area contributed by atoms with E-state index in [1.165, 1.54) is 32.4 Å². The molecule has 0 amide bonds. The highest BCUT2D eigenvalue weighted by atomic mass is 32.2. The van der Waals surface area contributed by atoms with E-state index in [4.69, 9.17) is 0 Å². The number of likely N-dealkylation sites (tertiary alicyclic amines) is 1. The molecule has 27 heavy (non-hydrogen) atoms. The molecule has 0 bridgehead atoms. The summed E-state index contributed by atoms with van der Waals surface area (Å²) in [6.07, 6.45) is 5.79. The van der Waals surface area contributed by atoms with Crippen molar-refractivity contribution in [1.82, 2.24) is 4.90 Å². The fourth-order valence-corrected chi connectivity index (χ4v) is 6.05. The van der Waals surface area contributed by atoms with Crippen molar-refractivity contribution in [2.75, 3.05) is 37.6 Å². The van der Waals surface area contributed by atoms with Gasteiger partial charge in [0, 0.05) is 13.1 Å². The molecule has 144 valence electrons. The molecule has 0 saturated carbocycles. The maximum absolute atomic E-state index is 13.3. The molecule has 2 heterocycles. The first-order valence-corrected chi connectivity index (χ1v) is 11.5. The molecule has 2 aliphatic rings. The number of fused-ring (bicyclic) bond motifs is 2. The molecule has 1 fully saturated rings. The summed E-state index contributed by atoms with van der Waals surface area (Å²) in [6.45, 7) is 5.26. The fourth-order valence-electron chi connectivity index (χ4n) is 4.31. The lowest BCUT2D eigenvalue weighted by molar-refractivity contribution is 0.227. The van der Waals surface area contributed by atoms with Crippen molar-refractivity contribution in [3.63, 3.8) is 0 Å². The van der Waals surface area contributed by atoms with Gasteiger partial charge in [-0.3, -0.25) is 0 Å². The fraction of sp³-hybridized carbons (Fsp3) is 0.455. The number of hydrogen-bond acceptors (Lipinski definition) is 4. The van der Waals surface area contributed by atoms with Crippen LogP contribution in [0.2, 0.25) is 0 Å². The van der Waals surface area contributed by atoms with Gasteiger partial charge in [0.05, 0.1) is 15.5 Å². The third kappa shape index (κ3) is 3.90. The van der Waals surface area contributed by atoms with Crippen molar-refractivity contribution in [2.45, 2.75) is 41.9 Å². The van der Waals surface area contributed by atoms with Crippen LogP contribution in [-0.4, -0.2) is 46.0 Å². The lowest BCUT2D eigenvalue weighted by atomic mass is 10.1. The normalized spacial score (nSPS) is 19.6. The summed E-state index contributed by atoms with van der Waals surface area (Å²) in [5.41, 5.74) is 1.78. The average Bonchev–Trinajstić information content (AvgIpc) is 2.71. The van der Waals surface area contributed by atoms with Crippen LogP contribution in [0.3, 0.4) is 0 Å². The Balaban J connectivity index is 1.59. The Kier molecular flexibility index (Phi) is 5.50. The molecule has 4 nitrogen and oxygen atoms in total. The van der Waals surface area contributed by atoms with Crippen LogP contribution in [0.1, 0.15) is 31.2 Å². The molecule has 1 saturated heterocycles.